The van der Waals surface area contributed by atoms with Gasteiger partial charge in [0.25, 0.3) is 0 Å². The third kappa shape index (κ3) is 2.96. The van der Waals surface area contributed by atoms with Crippen LogP contribution in [0.1, 0.15) is 27.2 Å². The van der Waals surface area contributed by atoms with Crippen LogP contribution in [0.4, 0.5) is 0 Å². The van der Waals surface area contributed by atoms with Gasteiger partial charge in [0.05, 0.1) is 0 Å². The van der Waals surface area contributed by atoms with Gasteiger partial charge in [0, 0.05) is 32.2 Å². The Hall–Kier alpha value is -0.0800. The summed E-state index contributed by atoms with van der Waals surface area (Å²) >= 11 is 0. The minimum Gasteiger partial charge on any atom is -0.304 e. The average molecular weight is 184 g/mol. The van der Waals surface area contributed by atoms with Gasteiger partial charge in [-0.15, -0.1) is 0 Å². The van der Waals surface area contributed by atoms with E-state index in [-0.39, 0.29) is 0 Å². The molecule has 0 aromatic carbocycles. The van der Waals surface area contributed by atoms with Crippen LogP contribution in [0.25, 0.3) is 0 Å². The second-order valence-corrected chi connectivity index (χ2v) is 4.56. The monoisotopic (exact) mass is 184 g/mol. The van der Waals surface area contributed by atoms with Crippen molar-refractivity contribution in [3.63, 3.8) is 0 Å². The molecule has 13 heavy (non-hydrogen) atoms. The third-order valence-electron chi connectivity index (χ3n) is 3.19. The zero-order chi connectivity index (χ0) is 9.84. The second kappa shape index (κ2) is 4.97. The van der Waals surface area contributed by atoms with Crippen LogP contribution in [0, 0.1) is 5.92 Å². The van der Waals surface area contributed by atoms with Gasteiger partial charge in [0.15, 0.2) is 0 Å². The van der Waals surface area contributed by atoms with Gasteiger partial charge in [-0.1, -0.05) is 20.8 Å². The van der Waals surface area contributed by atoms with E-state index < -0.39 is 0 Å². The lowest BCUT2D eigenvalue weighted by atomic mass is 9.99. The van der Waals surface area contributed by atoms with Crippen molar-refractivity contribution in [1.29, 1.82) is 0 Å². The van der Waals surface area contributed by atoms with E-state index in [1.54, 1.807) is 0 Å². The molecule has 0 radical (unpaired) electrons. The Morgan fingerprint density at radius 1 is 1.08 bits per heavy atom. The molecule has 1 heterocycles. The Balaban J connectivity index is 2.41. The van der Waals surface area contributed by atoms with Gasteiger partial charge in [-0.05, 0) is 19.4 Å². The van der Waals surface area contributed by atoms with E-state index in [1.165, 1.54) is 32.6 Å². The highest BCUT2D eigenvalue weighted by molar-refractivity contribution is 4.78. The Labute approximate surface area is 82.9 Å². The number of hydrogen-bond donors (Lipinski definition) is 0. The summed E-state index contributed by atoms with van der Waals surface area (Å²) in [4.78, 5) is 5.08. The highest BCUT2D eigenvalue weighted by atomic mass is 15.3. The molecule has 2 nitrogen and oxygen atoms in total. The minimum atomic E-state index is 0.799. The topological polar surface area (TPSA) is 6.48 Å². The minimum absolute atomic E-state index is 0.799. The molecule has 0 N–H and O–H groups in total. The van der Waals surface area contributed by atoms with E-state index in [9.17, 15) is 0 Å². The molecule has 0 aromatic rings. The zero-order valence-electron chi connectivity index (χ0n) is 9.58. The molecule has 1 unspecified atom stereocenters. The fourth-order valence-corrected chi connectivity index (χ4v) is 2.30. The van der Waals surface area contributed by atoms with Crippen molar-refractivity contribution in [3.8, 4) is 0 Å². The van der Waals surface area contributed by atoms with Crippen molar-refractivity contribution in [1.82, 2.24) is 9.80 Å². The summed E-state index contributed by atoms with van der Waals surface area (Å²) in [5.74, 6) is 0.799. The molecule has 1 rings (SSSR count). The molecule has 1 aliphatic rings. The molecule has 2 heteroatoms. The van der Waals surface area contributed by atoms with Crippen LogP contribution in [0.15, 0.2) is 0 Å². The Morgan fingerprint density at radius 3 is 2.00 bits per heavy atom. The maximum atomic E-state index is 2.66. The summed E-state index contributed by atoms with van der Waals surface area (Å²) in [6, 6.07) is 0.800. The number of likely N-dealkylation sites (N-methyl/N-ethyl adjacent to an activating group) is 1. The van der Waals surface area contributed by atoms with E-state index in [1.807, 2.05) is 0 Å². The van der Waals surface area contributed by atoms with E-state index in [0.29, 0.717) is 0 Å². The molecule has 0 aliphatic carbocycles. The summed E-state index contributed by atoms with van der Waals surface area (Å²) < 4.78 is 0. The molecule has 0 bridgehead atoms. The zero-order valence-corrected chi connectivity index (χ0v) is 9.58. The molecule has 78 valence electrons. The van der Waals surface area contributed by atoms with Crippen molar-refractivity contribution in [2.75, 3.05) is 33.2 Å². The largest absolute Gasteiger partial charge is 0.304 e. The lowest BCUT2D eigenvalue weighted by Gasteiger charge is -2.39. The van der Waals surface area contributed by atoms with Crippen LogP contribution < -0.4 is 0 Å². The first-order valence-corrected chi connectivity index (χ1v) is 5.57. The fourth-order valence-electron chi connectivity index (χ4n) is 2.30. The van der Waals surface area contributed by atoms with E-state index in [2.05, 4.69) is 37.6 Å². The highest BCUT2D eigenvalue weighted by Gasteiger charge is 2.22. The fraction of sp³-hybridized carbons (Fsp3) is 1.00. The predicted molar refractivity (Wildman–Crippen MR) is 58.0 cm³/mol. The van der Waals surface area contributed by atoms with E-state index in [0.717, 1.165) is 12.0 Å². The summed E-state index contributed by atoms with van der Waals surface area (Å²) in [6.45, 7) is 12.0. The van der Waals surface area contributed by atoms with Gasteiger partial charge in [-0.3, -0.25) is 4.90 Å². The lowest BCUT2D eigenvalue weighted by Crippen LogP contribution is -2.50. The van der Waals surface area contributed by atoms with E-state index >= 15 is 0 Å². The van der Waals surface area contributed by atoms with Crippen molar-refractivity contribution in [2.24, 2.45) is 5.92 Å². The van der Waals surface area contributed by atoms with Crippen LogP contribution >= 0.6 is 0 Å². The van der Waals surface area contributed by atoms with Crippen molar-refractivity contribution in [3.05, 3.63) is 0 Å². The molecular weight excluding hydrogens is 160 g/mol. The average Bonchev–Trinajstić information content (AvgIpc) is 2.09. The lowest BCUT2D eigenvalue weighted by molar-refractivity contribution is 0.0862. The number of nitrogens with zero attached hydrogens (tertiary/aromatic N) is 2. The summed E-state index contributed by atoms with van der Waals surface area (Å²) in [5.41, 5.74) is 0. The van der Waals surface area contributed by atoms with Crippen LogP contribution in [0.5, 0.6) is 0 Å². The van der Waals surface area contributed by atoms with Crippen LogP contribution in [-0.4, -0.2) is 49.1 Å². The molecule has 0 spiro atoms. The maximum Gasteiger partial charge on any atom is 0.0117 e. The molecule has 1 saturated heterocycles. The third-order valence-corrected chi connectivity index (χ3v) is 3.19. The van der Waals surface area contributed by atoms with Gasteiger partial charge in [-0.2, -0.15) is 0 Å². The second-order valence-electron chi connectivity index (χ2n) is 4.56. The SMILES string of the molecule is CCC(C(C)C)N1CCN(C)CC1. The van der Waals surface area contributed by atoms with Crippen LogP contribution in [-0.2, 0) is 0 Å². The number of piperazine rings is 1. The maximum absolute atomic E-state index is 2.66. The molecule has 1 atom stereocenters. The van der Waals surface area contributed by atoms with Gasteiger partial charge >= 0.3 is 0 Å². The van der Waals surface area contributed by atoms with Crippen LogP contribution in [0.2, 0.25) is 0 Å². The molecule has 1 aliphatic heterocycles. The van der Waals surface area contributed by atoms with Crippen molar-refractivity contribution in [2.45, 2.75) is 33.2 Å². The Bertz CT molecular complexity index is 137. The van der Waals surface area contributed by atoms with Crippen molar-refractivity contribution < 1.29 is 0 Å². The smallest absolute Gasteiger partial charge is 0.0117 e. The van der Waals surface area contributed by atoms with Crippen LogP contribution in [0.3, 0.4) is 0 Å². The quantitative estimate of drug-likeness (QED) is 0.658. The first kappa shape index (κ1) is 11.0. The summed E-state index contributed by atoms with van der Waals surface area (Å²) in [6.07, 6.45) is 1.29. The Kier molecular flexibility index (Phi) is 4.20. The van der Waals surface area contributed by atoms with E-state index in [4.69, 9.17) is 0 Å². The number of rotatable bonds is 3. The normalized spacial score (nSPS) is 23.8. The highest BCUT2D eigenvalue weighted by Crippen LogP contribution is 2.15. The molecular formula is C11H24N2. The van der Waals surface area contributed by atoms with Gasteiger partial charge in [0.1, 0.15) is 0 Å². The number of hydrogen-bond acceptors (Lipinski definition) is 2. The summed E-state index contributed by atoms with van der Waals surface area (Å²) in [5, 5.41) is 0. The van der Waals surface area contributed by atoms with Gasteiger partial charge < -0.3 is 4.90 Å². The molecule has 0 saturated carbocycles. The standard InChI is InChI=1S/C11H24N2/c1-5-11(10(2)3)13-8-6-12(4)7-9-13/h10-11H,5-9H2,1-4H3. The van der Waals surface area contributed by atoms with Gasteiger partial charge in [0.2, 0.25) is 0 Å². The predicted octanol–water partition coefficient (Wildman–Crippen LogP) is 1.67. The first-order valence-electron chi connectivity index (χ1n) is 5.57. The first-order chi connectivity index (χ1) is 6.15. The summed E-state index contributed by atoms with van der Waals surface area (Å²) in [7, 11) is 2.22. The molecule has 0 amide bonds. The molecule has 1 fully saturated rings. The van der Waals surface area contributed by atoms with Gasteiger partial charge in [-0.25, -0.2) is 0 Å². The molecule has 0 aromatic heterocycles. The Morgan fingerprint density at radius 2 is 1.62 bits per heavy atom. The van der Waals surface area contributed by atoms with Crippen molar-refractivity contribution >= 4 is 0 Å².